The van der Waals surface area contributed by atoms with Gasteiger partial charge in [0.2, 0.25) is 0 Å². The van der Waals surface area contributed by atoms with Gasteiger partial charge in [-0.25, -0.2) is 5.48 Å². The second-order valence-electron chi connectivity index (χ2n) is 3.96. The van der Waals surface area contributed by atoms with E-state index in [4.69, 9.17) is 0 Å². The Labute approximate surface area is 110 Å². The summed E-state index contributed by atoms with van der Waals surface area (Å²) in [4.78, 5) is 28.9. The molecule has 0 saturated carbocycles. The molecule has 0 unspecified atom stereocenters. The zero-order chi connectivity index (χ0) is 13.8. The van der Waals surface area contributed by atoms with Gasteiger partial charge in [0.15, 0.2) is 0 Å². The van der Waals surface area contributed by atoms with Crippen molar-refractivity contribution in [3.8, 4) is 0 Å². The number of carbonyl (C=O) groups is 1. The molecule has 19 heavy (non-hydrogen) atoms. The lowest BCUT2D eigenvalue weighted by molar-refractivity contribution is 0.0527. The minimum atomic E-state index is -0.466. The van der Waals surface area contributed by atoms with Gasteiger partial charge in [0.25, 0.3) is 11.5 Å². The highest BCUT2D eigenvalue weighted by atomic mass is 16.6. The van der Waals surface area contributed by atoms with Crippen LogP contribution in [0.4, 0.5) is 0 Å². The molecular weight excluding hydrogens is 244 g/mol. The summed E-state index contributed by atoms with van der Waals surface area (Å²) in [6.45, 7) is 3.86. The number of hydrogen-bond acceptors (Lipinski definition) is 3. The summed E-state index contributed by atoms with van der Waals surface area (Å²) < 4.78 is 1.36. The number of fused-ring (bicyclic) bond motifs is 1. The molecule has 5 heteroatoms. The van der Waals surface area contributed by atoms with Gasteiger partial charge in [-0.3, -0.25) is 19.0 Å². The predicted molar refractivity (Wildman–Crippen MR) is 72.9 cm³/mol. The summed E-state index contributed by atoms with van der Waals surface area (Å²) >= 11 is 0. The first-order chi connectivity index (χ1) is 9.19. The van der Waals surface area contributed by atoms with Crippen molar-refractivity contribution in [2.24, 2.45) is 0 Å². The Morgan fingerprint density at radius 1 is 1.47 bits per heavy atom. The quantitative estimate of drug-likeness (QED) is 0.667. The molecule has 5 nitrogen and oxygen atoms in total. The third-order valence-electron chi connectivity index (χ3n) is 2.76. The van der Waals surface area contributed by atoms with Crippen molar-refractivity contribution < 1.29 is 9.63 Å². The van der Waals surface area contributed by atoms with Crippen LogP contribution >= 0.6 is 0 Å². The minimum Gasteiger partial charge on any atom is -0.299 e. The molecule has 1 aromatic carbocycles. The van der Waals surface area contributed by atoms with Crippen molar-refractivity contribution in [3.63, 3.8) is 0 Å². The maximum atomic E-state index is 12.3. The summed E-state index contributed by atoms with van der Waals surface area (Å²) in [6, 6.07) is 8.79. The monoisotopic (exact) mass is 258 g/mol. The normalized spacial score (nSPS) is 10.4. The van der Waals surface area contributed by atoms with Gasteiger partial charge in [0.05, 0.1) is 7.11 Å². The van der Waals surface area contributed by atoms with E-state index in [1.807, 2.05) is 6.07 Å². The zero-order valence-electron chi connectivity index (χ0n) is 10.6. The summed E-state index contributed by atoms with van der Waals surface area (Å²) in [6.07, 6.45) is 1.57. The summed E-state index contributed by atoms with van der Waals surface area (Å²) in [5.41, 5.74) is 2.24. The molecule has 1 amide bonds. The molecule has 0 fully saturated rings. The minimum absolute atomic E-state index is 0.223. The lowest BCUT2D eigenvalue weighted by Crippen LogP contribution is -2.31. The first-order valence-electron chi connectivity index (χ1n) is 5.76. The van der Waals surface area contributed by atoms with Crippen LogP contribution in [0.25, 0.3) is 10.8 Å². The molecule has 0 radical (unpaired) electrons. The van der Waals surface area contributed by atoms with Crippen LogP contribution in [0, 0.1) is 0 Å². The van der Waals surface area contributed by atoms with E-state index in [-0.39, 0.29) is 17.8 Å². The number of nitrogens with one attached hydrogen (secondary N) is 1. The molecule has 0 aliphatic carbocycles. The Kier molecular flexibility index (Phi) is 3.77. The van der Waals surface area contributed by atoms with Crippen molar-refractivity contribution in [2.75, 3.05) is 7.11 Å². The van der Waals surface area contributed by atoms with E-state index in [1.165, 1.54) is 11.7 Å². The molecule has 2 aromatic rings. The molecular formula is C14H14N2O3. The van der Waals surface area contributed by atoms with Gasteiger partial charge in [-0.2, -0.15) is 0 Å². The highest BCUT2D eigenvalue weighted by Crippen LogP contribution is 2.12. The summed E-state index contributed by atoms with van der Waals surface area (Å²) in [5, 5.41) is 1.28. The number of pyridine rings is 1. The maximum Gasteiger partial charge on any atom is 0.291 e. The largest absolute Gasteiger partial charge is 0.299 e. The molecule has 1 heterocycles. The zero-order valence-corrected chi connectivity index (χ0v) is 10.6. The molecule has 1 N–H and O–H groups in total. The van der Waals surface area contributed by atoms with E-state index in [1.54, 1.807) is 30.3 Å². The molecule has 2 rings (SSSR count). The fraction of sp³-hybridized carbons (Fsp3) is 0.143. The van der Waals surface area contributed by atoms with Crippen molar-refractivity contribution in [2.45, 2.75) is 6.54 Å². The summed E-state index contributed by atoms with van der Waals surface area (Å²) in [5.74, 6) is -0.466. The van der Waals surface area contributed by atoms with Gasteiger partial charge in [0, 0.05) is 11.9 Å². The number of hydrogen-bond donors (Lipinski definition) is 1. The van der Waals surface area contributed by atoms with E-state index in [2.05, 4.69) is 16.9 Å². The van der Waals surface area contributed by atoms with Crippen LogP contribution in [0.1, 0.15) is 10.5 Å². The Balaban J connectivity index is 2.73. The Morgan fingerprint density at radius 2 is 2.21 bits per heavy atom. The van der Waals surface area contributed by atoms with Crippen LogP contribution in [-0.2, 0) is 11.4 Å². The van der Waals surface area contributed by atoms with Crippen LogP contribution in [0.2, 0.25) is 0 Å². The molecule has 98 valence electrons. The van der Waals surface area contributed by atoms with Crippen LogP contribution in [0.15, 0.2) is 47.8 Å². The topological polar surface area (TPSA) is 60.3 Å². The van der Waals surface area contributed by atoms with Gasteiger partial charge < -0.3 is 0 Å². The molecule has 0 spiro atoms. The smallest absolute Gasteiger partial charge is 0.291 e. The molecule has 0 aliphatic heterocycles. The molecule has 0 atom stereocenters. The molecule has 1 aromatic heterocycles. The Hall–Kier alpha value is -2.40. The lowest BCUT2D eigenvalue weighted by Gasteiger charge is -2.12. The number of rotatable bonds is 4. The van der Waals surface area contributed by atoms with Gasteiger partial charge in [0.1, 0.15) is 5.69 Å². The van der Waals surface area contributed by atoms with Crippen molar-refractivity contribution in [3.05, 3.63) is 59.0 Å². The number of amides is 1. The third-order valence-corrected chi connectivity index (χ3v) is 2.76. The highest BCUT2D eigenvalue weighted by molar-refractivity contribution is 5.96. The van der Waals surface area contributed by atoms with Gasteiger partial charge in [-0.05, 0) is 17.5 Å². The van der Waals surface area contributed by atoms with Gasteiger partial charge in [-0.1, -0.05) is 24.3 Å². The number of allylic oxidation sites excluding steroid dienone is 1. The number of nitrogens with zero attached hydrogens (tertiary/aromatic N) is 1. The second-order valence-corrected chi connectivity index (χ2v) is 3.96. The summed E-state index contributed by atoms with van der Waals surface area (Å²) in [7, 11) is 1.34. The van der Waals surface area contributed by atoms with Crippen LogP contribution in [0.5, 0.6) is 0 Å². The fourth-order valence-electron chi connectivity index (χ4n) is 1.94. The van der Waals surface area contributed by atoms with Crippen LogP contribution in [0.3, 0.4) is 0 Å². The molecule has 0 aliphatic rings. The number of carbonyl (C=O) groups excluding carboxylic acids is 1. The van der Waals surface area contributed by atoms with Crippen molar-refractivity contribution >= 4 is 16.7 Å². The second kappa shape index (κ2) is 5.49. The van der Waals surface area contributed by atoms with Crippen LogP contribution < -0.4 is 11.0 Å². The van der Waals surface area contributed by atoms with E-state index in [9.17, 15) is 9.59 Å². The van der Waals surface area contributed by atoms with E-state index < -0.39 is 5.91 Å². The first-order valence-corrected chi connectivity index (χ1v) is 5.76. The fourth-order valence-corrected chi connectivity index (χ4v) is 1.94. The van der Waals surface area contributed by atoms with E-state index in [0.717, 1.165) is 0 Å². The van der Waals surface area contributed by atoms with Gasteiger partial charge in [-0.15, -0.1) is 6.58 Å². The molecule has 0 bridgehead atoms. The maximum absolute atomic E-state index is 12.3. The van der Waals surface area contributed by atoms with Gasteiger partial charge >= 0.3 is 0 Å². The van der Waals surface area contributed by atoms with Crippen molar-refractivity contribution in [1.29, 1.82) is 0 Å². The number of aromatic nitrogens is 1. The van der Waals surface area contributed by atoms with Crippen molar-refractivity contribution in [1.82, 2.24) is 10.0 Å². The standard InChI is InChI=1S/C14H14N2O3/c1-3-8-16-12(13(17)15-19-2)9-10-6-4-5-7-11(10)14(16)18/h3-7,9H,1,8H2,2H3,(H,15,17). The first kappa shape index (κ1) is 13.0. The predicted octanol–water partition coefficient (Wildman–Crippen LogP) is 1.48. The Bertz CT molecular complexity index is 689. The number of benzene rings is 1. The lowest BCUT2D eigenvalue weighted by atomic mass is 10.1. The molecule has 0 saturated heterocycles. The average molecular weight is 258 g/mol. The highest BCUT2D eigenvalue weighted by Gasteiger charge is 2.14. The third kappa shape index (κ3) is 2.41. The van der Waals surface area contributed by atoms with E-state index in [0.29, 0.717) is 10.8 Å². The SMILES string of the molecule is C=CCn1c(C(=O)NOC)cc2ccccc2c1=O. The Morgan fingerprint density at radius 3 is 2.89 bits per heavy atom. The number of hydroxylamine groups is 1. The van der Waals surface area contributed by atoms with E-state index >= 15 is 0 Å². The van der Waals surface area contributed by atoms with Crippen LogP contribution in [-0.4, -0.2) is 17.6 Å². The average Bonchev–Trinajstić information content (AvgIpc) is 2.42.